The standard InChI is InChI=1S/C20H22B2N2O6.C11H15NO.C2H4O/c1-11(23-19(25)13-3-5-15-9-29-21(27)17(15)7-13)12(2)24-20(26)14-4-6-16-10-30-22(28)18(16)8-14;1-3-11(12-8-13)10-6-4-9(2)5-7-10;1-2-3/h3-8,11-12,27-28H,9-10H2,1-2H3,(H,23,25)(H,24,26);4-8,11H,3H2,1-2H3,(H,12,13);2H,1H3. The van der Waals surface area contributed by atoms with Gasteiger partial charge in [0, 0.05) is 23.2 Å². The van der Waals surface area contributed by atoms with Crippen molar-refractivity contribution >= 4 is 49.7 Å². The van der Waals surface area contributed by atoms with E-state index in [1.54, 1.807) is 50.2 Å². The summed E-state index contributed by atoms with van der Waals surface area (Å²) in [7, 11) is -2.03. The third-order valence-corrected chi connectivity index (χ3v) is 7.77. The largest absolute Gasteiger partial charge is 0.491 e. The van der Waals surface area contributed by atoms with Gasteiger partial charge in [-0.15, -0.1) is 0 Å². The number of fused-ring (bicyclic) bond motifs is 2. The number of hydrogen-bond acceptors (Lipinski definition) is 8. The van der Waals surface area contributed by atoms with Crippen molar-refractivity contribution in [3.8, 4) is 0 Å². The number of nitrogens with one attached hydrogen (secondary N) is 3. The van der Waals surface area contributed by atoms with Crippen molar-refractivity contribution in [2.45, 2.75) is 72.4 Å². The molecule has 0 spiro atoms. The minimum Gasteiger partial charge on any atom is -0.423 e. The lowest BCUT2D eigenvalue weighted by Gasteiger charge is -2.23. The van der Waals surface area contributed by atoms with Gasteiger partial charge in [-0.1, -0.05) is 48.9 Å². The highest BCUT2D eigenvalue weighted by Gasteiger charge is 2.30. The average molecular weight is 629 g/mol. The molecule has 5 rings (SSSR count). The fourth-order valence-corrected chi connectivity index (χ4v) is 4.87. The van der Waals surface area contributed by atoms with Crippen molar-refractivity contribution in [2.24, 2.45) is 0 Å². The summed E-state index contributed by atoms with van der Waals surface area (Å²) in [5.74, 6) is -0.605. The fourth-order valence-electron chi connectivity index (χ4n) is 4.87. The molecule has 0 aliphatic carbocycles. The molecule has 3 atom stereocenters. The maximum absolute atomic E-state index is 12.6. The van der Waals surface area contributed by atoms with E-state index in [1.165, 1.54) is 18.1 Å². The quantitative estimate of drug-likeness (QED) is 0.176. The Bertz CT molecular complexity index is 1430. The lowest BCUT2D eigenvalue weighted by molar-refractivity contribution is -0.110. The number of rotatable bonds is 9. The van der Waals surface area contributed by atoms with Crippen LogP contribution in [0.25, 0.3) is 0 Å². The molecule has 3 aromatic rings. The monoisotopic (exact) mass is 629 g/mol. The van der Waals surface area contributed by atoms with Gasteiger partial charge in [0.05, 0.1) is 19.3 Å². The summed E-state index contributed by atoms with van der Waals surface area (Å²) in [4.78, 5) is 44.3. The highest BCUT2D eigenvalue weighted by molar-refractivity contribution is 6.62. The molecule has 0 saturated carbocycles. The Morgan fingerprint density at radius 1 is 0.826 bits per heavy atom. The summed E-state index contributed by atoms with van der Waals surface area (Å²) in [6.45, 7) is 9.80. The van der Waals surface area contributed by atoms with Crippen LogP contribution in [0.1, 0.15) is 83.1 Å². The summed E-state index contributed by atoms with van der Waals surface area (Å²) in [6, 6.07) is 17.8. The second-order valence-electron chi connectivity index (χ2n) is 11.1. The van der Waals surface area contributed by atoms with Crippen LogP contribution in [0.2, 0.25) is 0 Å². The Hall–Kier alpha value is -4.29. The number of carbonyl (C=O) groups is 4. The van der Waals surface area contributed by atoms with E-state index in [0.29, 0.717) is 35.3 Å². The Balaban J connectivity index is 0.000000300. The SMILES string of the molecule is CC(NC(=O)c1ccc2c(c1)B(O)OC2)C(C)NC(=O)c1ccc2c(c1)B(O)OC2.CC=O.CCC(NC=O)c1ccc(C)cc1. The minimum atomic E-state index is -1.01. The lowest BCUT2D eigenvalue weighted by Crippen LogP contribution is -2.48. The van der Waals surface area contributed by atoms with Gasteiger partial charge in [0.2, 0.25) is 6.41 Å². The number of aldehydes is 1. The van der Waals surface area contributed by atoms with Gasteiger partial charge in [0.25, 0.3) is 11.8 Å². The van der Waals surface area contributed by atoms with Crippen LogP contribution in [0.4, 0.5) is 0 Å². The molecule has 0 aromatic heterocycles. The topological polar surface area (TPSA) is 163 Å². The molecule has 0 fully saturated rings. The number of hydrogen-bond donors (Lipinski definition) is 5. The van der Waals surface area contributed by atoms with Gasteiger partial charge in [-0.2, -0.15) is 0 Å². The van der Waals surface area contributed by atoms with Crippen LogP contribution in [0, 0.1) is 6.92 Å². The van der Waals surface area contributed by atoms with Gasteiger partial charge in [-0.25, -0.2) is 0 Å². The van der Waals surface area contributed by atoms with Crippen molar-refractivity contribution in [3.63, 3.8) is 0 Å². The highest BCUT2D eigenvalue weighted by Crippen LogP contribution is 2.16. The Labute approximate surface area is 270 Å². The molecular formula is C33H41B2N3O8. The summed E-state index contributed by atoms with van der Waals surface area (Å²) in [5, 5.41) is 28.2. The molecule has 13 heteroatoms. The van der Waals surface area contributed by atoms with E-state index in [-0.39, 0.29) is 29.9 Å². The third kappa shape index (κ3) is 9.60. The van der Waals surface area contributed by atoms with E-state index in [1.807, 2.05) is 0 Å². The van der Waals surface area contributed by atoms with Crippen LogP contribution < -0.4 is 26.9 Å². The van der Waals surface area contributed by atoms with E-state index >= 15 is 0 Å². The van der Waals surface area contributed by atoms with E-state index in [2.05, 4.69) is 54.1 Å². The number of aryl methyl sites for hydroxylation is 1. The summed E-state index contributed by atoms with van der Waals surface area (Å²) >= 11 is 0. The second-order valence-corrected chi connectivity index (χ2v) is 11.1. The Morgan fingerprint density at radius 3 is 1.65 bits per heavy atom. The van der Waals surface area contributed by atoms with Gasteiger partial charge in [0.15, 0.2) is 0 Å². The molecule has 3 aromatic carbocycles. The summed E-state index contributed by atoms with van der Waals surface area (Å²) < 4.78 is 10.3. The lowest BCUT2D eigenvalue weighted by atomic mass is 9.78. The van der Waals surface area contributed by atoms with Crippen molar-refractivity contribution in [2.75, 3.05) is 0 Å². The van der Waals surface area contributed by atoms with E-state index in [9.17, 15) is 24.4 Å². The molecule has 0 radical (unpaired) electrons. The molecule has 242 valence electrons. The fraction of sp³-hybridized carbons (Fsp3) is 0.333. The predicted molar refractivity (Wildman–Crippen MR) is 177 cm³/mol. The van der Waals surface area contributed by atoms with Crippen molar-refractivity contribution in [1.82, 2.24) is 16.0 Å². The Morgan fingerprint density at radius 2 is 1.26 bits per heavy atom. The molecule has 3 amide bonds. The molecule has 5 N–H and O–H groups in total. The van der Waals surface area contributed by atoms with Gasteiger partial charge >= 0.3 is 14.2 Å². The highest BCUT2D eigenvalue weighted by atomic mass is 16.5. The van der Waals surface area contributed by atoms with E-state index < -0.39 is 14.2 Å². The molecule has 11 nitrogen and oxygen atoms in total. The first-order valence-electron chi connectivity index (χ1n) is 15.2. The van der Waals surface area contributed by atoms with Crippen molar-refractivity contribution < 1.29 is 38.5 Å². The van der Waals surface area contributed by atoms with Gasteiger partial charge in [-0.3, -0.25) is 14.4 Å². The summed E-state index contributed by atoms with van der Waals surface area (Å²) in [6.07, 6.45) is 2.43. The number of carbonyl (C=O) groups excluding carboxylic acids is 4. The molecule has 0 bridgehead atoms. The molecular weight excluding hydrogens is 588 g/mol. The first-order valence-corrected chi connectivity index (χ1v) is 15.2. The third-order valence-electron chi connectivity index (χ3n) is 7.77. The van der Waals surface area contributed by atoms with Crippen molar-refractivity contribution in [3.05, 3.63) is 94.0 Å². The van der Waals surface area contributed by atoms with Gasteiger partial charge in [0.1, 0.15) is 6.29 Å². The minimum absolute atomic E-state index is 0.151. The number of amides is 3. The number of benzene rings is 3. The molecule has 2 heterocycles. The van der Waals surface area contributed by atoms with Gasteiger partial charge in [-0.05, 0) is 86.0 Å². The average Bonchev–Trinajstić information content (AvgIpc) is 3.62. The first kappa shape index (κ1) is 36.2. The molecule has 2 aliphatic heterocycles. The van der Waals surface area contributed by atoms with Crippen LogP contribution in [0.3, 0.4) is 0 Å². The van der Waals surface area contributed by atoms with Crippen LogP contribution in [-0.2, 0) is 32.1 Å². The predicted octanol–water partition coefficient (Wildman–Crippen LogP) is 1.46. The zero-order chi connectivity index (χ0) is 33.8. The molecule has 2 aliphatic rings. The zero-order valence-corrected chi connectivity index (χ0v) is 26.8. The maximum atomic E-state index is 12.6. The van der Waals surface area contributed by atoms with Crippen LogP contribution >= 0.6 is 0 Å². The van der Waals surface area contributed by atoms with E-state index in [4.69, 9.17) is 14.1 Å². The van der Waals surface area contributed by atoms with Crippen molar-refractivity contribution in [1.29, 1.82) is 0 Å². The van der Waals surface area contributed by atoms with Crippen LogP contribution in [0.15, 0.2) is 60.7 Å². The summed E-state index contributed by atoms with van der Waals surface area (Å²) in [5.41, 5.74) is 6.14. The molecule has 3 unspecified atom stereocenters. The molecule has 46 heavy (non-hydrogen) atoms. The maximum Gasteiger partial charge on any atom is 0.491 e. The first-order chi connectivity index (χ1) is 22.0. The van der Waals surface area contributed by atoms with Gasteiger partial charge < -0.3 is 40.1 Å². The van der Waals surface area contributed by atoms with E-state index in [0.717, 1.165) is 30.2 Å². The zero-order valence-electron chi connectivity index (χ0n) is 26.8. The Kier molecular flexibility index (Phi) is 13.7. The van der Waals surface area contributed by atoms with Crippen LogP contribution in [-0.4, -0.2) is 60.9 Å². The molecule has 0 saturated heterocycles. The van der Waals surface area contributed by atoms with Crippen LogP contribution in [0.5, 0.6) is 0 Å². The smallest absolute Gasteiger partial charge is 0.423 e. The normalized spacial score (nSPS) is 14.6. The second kappa shape index (κ2) is 17.4.